The fourth-order valence-electron chi connectivity index (χ4n) is 3.94. The Morgan fingerprint density at radius 2 is 1.96 bits per heavy atom. The second-order valence-corrected chi connectivity index (χ2v) is 7.55. The van der Waals surface area contributed by atoms with Crippen molar-refractivity contribution in [1.29, 1.82) is 0 Å². The highest BCUT2D eigenvalue weighted by molar-refractivity contribution is 5.44. The van der Waals surface area contributed by atoms with Crippen molar-refractivity contribution in [3.63, 3.8) is 0 Å². The molecule has 3 rings (SSSR count). The van der Waals surface area contributed by atoms with Gasteiger partial charge in [0.2, 0.25) is 0 Å². The van der Waals surface area contributed by atoms with E-state index in [1.165, 1.54) is 17.5 Å². The average Bonchev–Trinajstić information content (AvgIpc) is 2.69. The van der Waals surface area contributed by atoms with E-state index < -0.39 is 0 Å². The monoisotopic (exact) mass is 369 g/mol. The van der Waals surface area contributed by atoms with Gasteiger partial charge in [0.05, 0.1) is 14.2 Å². The summed E-state index contributed by atoms with van der Waals surface area (Å²) in [5.74, 6) is 2.31. The fourth-order valence-corrected chi connectivity index (χ4v) is 3.94. The van der Waals surface area contributed by atoms with Crippen LogP contribution >= 0.6 is 0 Å². The molecule has 1 N–H and O–H groups in total. The number of phenols is 1. The Morgan fingerprint density at radius 3 is 2.63 bits per heavy atom. The molecule has 1 heterocycles. The Hall–Kier alpha value is -2.20. The first-order chi connectivity index (χ1) is 13.0. The van der Waals surface area contributed by atoms with Crippen molar-refractivity contribution >= 4 is 0 Å². The third-order valence-electron chi connectivity index (χ3n) is 5.73. The van der Waals surface area contributed by atoms with Gasteiger partial charge in [-0.3, -0.25) is 4.90 Å². The van der Waals surface area contributed by atoms with E-state index in [2.05, 4.69) is 43.0 Å². The summed E-state index contributed by atoms with van der Waals surface area (Å²) in [5, 5.41) is 10.2. The van der Waals surface area contributed by atoms with Gasteiger partial charge in [-0.05, 0) is 59.7 Å². The molecule has 0 radical (unpaired) electrons. The summed E-state index contributed by atoms with van der Waals surface area (Å²) in [7, 11) is 3.30. The molecule has 0 fully saturated rings. The molecule has 1 aliphatic rings. The number of rotatable bonds is 7. The standard InChI is InChI=1S/C23H31NO3/c1-5-16(2)15-24-11-10-18-14-19(26-3)7-8-20(18)21(24)12-17-6-9-23(27-4)22(25)13-17/h6-9,13-14,16,21,25H,5,10-12,15H2,1-4H3/t16-,21+/m1/s1. The lowest BCUT2D eigenvalue weighted by atomic mass is 9.87. The van der Waals surface area contributed by atoms with Crippen LogP contribution in [0, 0.1) is 5.92 Å². The van der Waals surface area contributed by atoms with E-state index in [0.29, 0.717) is 17.7 Å². The highest BCUT2D eigenvalue weighted by Crippen LogP contribution is 2.36. The van der Waals surface area contributed by atoms with Crippen molar-refractivity contribution in [1.82, 2.24) is 4.90 Å². The van der Waals surface area contributed by atoms with Crippen LogP contribution in [0.3, 0.4) is 0 Å². The zero-order chi connectivity index (χ0) is 19.4. The van der Waals surface area contributed by atoms with Crippen molar-refractivity contribution in [3.05, 3.63) is 53.1 Å². The molecule has 4 heteroatoms. The number of phenolic OH excluding ortho intramolecular Hbond substituents is 1. The minimum absolute atomic E-state index is 0.203. The van der Waals surface area contributed by atoms with Gasteiger partial charge in [0, 0.05) is 19.1 Å². The van der Waals surface area contributed by atoms with Crippen molar-refractivity contribution < 1.29 is 14.6 Å². The van der Waals surface area contributed by atoms with Crippen LogP contribution in [-0.2, 0) is 12.8 Å². The predicted octanol–water partition coefficient (Wildman–Crippen LogP) is 4.60. The molecule has 0 bridgehead atoms. The summed E-state index contributed by atoms with van der Waals surface area (Å²) < 4.78 is 10.6. The summed E-state index contributed by atoms with van der Waals surface area (Å²) in [6.07, 6.45) is 3.10. The minimum atomic E-state index is 0.203. The Bertz CT molecular complexity index is 774. The fraction of sp³-hybridized carbons (Fsp3) is 0.478. The van der Waals surface area contributed by atoms with Gasteiger partial charge in [0.1, 0.15) is 5.75 Å². The van der Waals surface area contributed by atoms with Gasteiger partial charge in [0.25, 0.3) is 0 Å². The van der Waals surface area contributed by atoms with Crippen LogP contribution in [-0.4, -0.2) is 37.3 Å². The number of hydrogen-bond acceptors (Lipinski definition) is 4. The van der Waals surface area contributed by atoms with E-state index in [9.17, 15) is 5.11 Å². The number of ether oxygens (including phenoxy) is 2. The summed E-state index contributed by atoms with van der Waals surface area (Å²) in [5.41, 5.74) is 3.87. The molecule has 0 spiro atoms. The zero-order valence-electron chi connectivity index (χ0n) is 16.9. The molecule has 0 amide bonds. The van der Waals surface area contributed by atoms with Gasteiger partial charge in [-0.15, -0.1) is 0 Å². The molecule has 0 saturated heterocycles. The van der Waals surface area contributed by atoms with Gasteiger partial charge in [-0.25, -0.2) is 0 Å². The lowest BCUT2D eigenvalue weighted by molar-refractivity contribution is 0.157. The molecule has 1 aliphatic heterocycles. The SMILES string of the molecule is CC[C@@H](C)CN1CCc2cc(OC)ccc2[C@@H]1Cc1ccc(OC)c(O)c1. The largest absolute Gasteiger partial charge is 0.504 e. The van der Waals surface area contributed by atoms with E-state index >= 15 is 0 Å². The Labute approximate surface area is 162 Å². The van der Waals surface area contributed by atoms with E-state index in [1.807, 2.05) is 12.1 Å². The van der Waals surface area contributed by atoms with Crippen LogP contribution in [0.4, 0.5) is 0 Å². The number of benzene rings is 2. The van der Waals surface area contributed by atoms with Crippen LogP contribution < -0.4 is 9.47 Å². The summed E-state index contributed by atoms with van der Waals surface area (Å²) in [6, 6.07) is 12.5. The number of hydrogen-bond donors (Lipinski definition) is 1. The van der Waals surface area contributed by atoms with E-state index in [4.69, 9.17) is 9.47 Å². The molecule has 0 aromatic heterocycles. The van der Waals surface area contributed by atoms with Gasteiger partial charge in [0.15, 0.2) is 11.5 Å². The maximum atomic E-state index is 10.2. The third kappa shape index (κ3) is 4.38. The molecule has 2 aromatic carbocycles. The van der Waals surface area contributed by atoms with Gasteiger partial charge in [-0.2, -0.15) is 0 Å². The molecule has 146 valence electrons. The third-order valence-corrected chi connectivity index (χ3v) is 5.73. The van der Waals surface area contributed by atoms with E-state index in [-0.39, 0.29) is 5.75 Å². The van der Waals surface area contributed by atoms with Crippen LogP contribution in [0.2, 0.25) is 0 Å². The Balaban J connectivity index is 1.92. The topological polar surface area (TPSA) is 41.9 Å². The van der Waals surface area contributed by atoms with Gasteiger partial charge in [-0.1, -0.05) is 32.4 Å². The van der Waals surface area contributed by atoms with E-state index in [1.54, 1.807) is 14.2 Å². The average molecular weight is 370 g/mol. The molecular weight excluding hydrogens is 338 g/mol. The van der Waals surface area contributed by atoms with Gasteiger partial charge >= 0.3 is 0 Å². The molecular formula is C23H31NO3. The highest BCUT2D eigenvalue weighted by atomic mass is 16.5. The lowest BCUT2D eigenvalue weighted by Gasteiger charge is -2.39. The van der Waals surface area contributed by atoms with Crippen LogP contribution in [0.15, 0.2) is 36.4 Å². The number of aromatic hydroxyl groups is 1. The van der Waals surface area contributed by atoms with Crippen molar-refractivity contribution in [2.24, 2.45) is 5.92 Å². The normalized spacial score (nSPS) is 18.0. The summed E-state index contributed by atoms with van der Waals surface area (Å²) in [4.78, 5) is 2.60. The van der Waals surface area contributed by atoms with Gasteiger partial charge < -0.3 is 14.6 Å². The first-order valence-corrected chi connectivity index (χ1v) is 9.82. The van der Waals surface area contributed by atoms with Crippen molar-refractivity contribution in [2.75, 3.05) is 27.3 Å². The number of fused-ring (bicyclic) bond motifs is 1. The maximum Gasteiger partial charge on any atom is 0.160 e. The molecule has 0 aliphatic carbocycles. The van der Waals surface area contributed by atoms with Crippen molar-refractivity contribution in [3.8, 4) is 17.2 Å². The van der Waals surface area contributed by atoms with Crippen LogP contribution in [0.25, 0.3) is 0 Å². The summed E-state index contributed by atoms with van der Waals surface area (Å²) in [6.45, 7) is 6.72. The first-order valence-electron chi connectivity index (χ1n) is 9.82. The molecule has 0 unspecified atom stereocenters. The zero-order valence-corrected chi connectivity index (χ0v) is 16.9. The molecule has 2 aromatic rings. The Kier molecular flexibility index (Phi) is 6.27. The summed E-state index contributed by atoms with van der Waals surface area (Å²) >= 11 is 0. The molecule has 2 atom stereocenters. The Morgan fingerprint density at radius 1 is 1.15 bits per heavy atom. The first kappa shape index (κ1) is 19.6. The molecule has 0 saturated carbocycles. The highest BCUT2D eigenvalue weighted by Gasteiger charge is 2.28. The predicted molar refractivity (Wildman–Crippen MR) is 109 cm³/mol. The number of nitrogens with zero attached hydrogens (tertiary/aromatic N) is 1. The van der Waals surface area contributed by atoms with Crippen molar-refractivity contribution in [2.45, 2.75) is 39.2 Å². The smallest absolute Gasteiger partial charge is 0.160 e. The second-order valence-electron chi connectivity index (χ2n) is 7.55. The van der Waals surface area contributed by atoms with Crippen LogP contribution in [0.1, 0.15) is 43.0 Å². The molecule has 27 heavy (non-hydrogen) atoms. The lowest BCUT2D eigenvalue weighted by Crippen LogP contribution is -2.39. The maximum absolute atomic E-state index is 10.2. The van der Waals surface area contributed by atoms with E-state index in [0.717, 1.165) is 37.2 Å². The quantitative estimate of drug-likeness (QED) is 0.775. The van der Waals surface area contributed by atoms with Crippen LogP contribution in [0.5, 0.6) is 17.2 Å². The molecule has 4 nitrogen and oxygen atoms in total. The number of methoxy groups -OCH3 is 2. The minimum Gasteiger partial charge on any atom is -0.504 e. The second kappa shape index (κ2) is 8.66.